The van der Waals surface area contributed by atoms with Crippen molar-refractivity contribution in [2.24, 2.45) is 0 Å². The van der Waals surface area contributed by atoms with Crippen LogP contribution in [0.2, 0.25) is 0 Å². The molecule has 0 saturated carbocycles. The van der Waals surface area contributed by atoms with Crippen molar-refractivity contribution < 1.29 is 9.63 Å². The van der Waals surface area contributed by atoms with Crippen LogP contribution in [0.3, 0.4) is 0 Å². The van der Waals surface area contributed by atoms with Crippen molar-refractivity contribution in [1.29, 1.82) is 0 Å². The average Bonchev–Trinajstić information content (AvgIpc) is 2.78. The Bertz CT molecular complexity index is 435. The largest absolute Gasteiger partial charge is 0.396 e. The molecule has 0 aliphatic rings. The fourth-order valence-electron chi connectivity index (χ4n) is 1.30. The van der Waals surface area contributed by atoms with Crippen molar-refractivity contribution >= 4 is 0 Å². The summed E-state index contributed by atoms with van der Waals surface area (Å²) in [5.74, 6) is 0.778. The van der Waals surface area contributed by atoms with Gasteiger partial charge in [-0.3, -0.25) is 0 Å². The quantitative estimate of drug-likeness (QED) is 0.774. The van der Waals surface area contributed by atoms with Gasteiger partial charge >= 0.3 is 0 Å². The van der Waals surface area contributed by atoms with Gasteiger partial charge in [0.15, 0.2) is 0 Å². The third-order valence-corrected chi connectivity index (χ3v) is 1.95. The molecule has 0 bridgehead atoms. The number of nitrogens with zero attached hydrogens (tertiary/aromatic N) is 4. The smallest absolute Gasteiger partial charge is 0.133 e. The first-order valence-corrected chi connectivity index (χ1v) is 4.70. The normalized spacial score (nSPS) is 10.8. The molecule has 0 spiro atoms. The number of aromatic nitrogens is 4. The minimum atomic E-state index is 0.0851. The van der Waals surface area contributed by atoms with Crippen LogP contribution in [-0.4, -0.2) is 31.9 Å². The summed E-state index contributed by atoms with van der Waals surface area (Å²) in [7, 11) is 0. The van der Waals surface area contributed by atoms with Gasteiger partial charge in [-0.2, -0.15) is 0 Å². The molecule has 1 N–H and O–H groups in total. The first-order valence-electron chi connectivity index (χ1n) is 4.70. The van der Waals surface area contributed by atoms with Crippen LogP contribution in [0.25, 0.3) is 0 Å². The van der Waals surface area contributed by atoms with Gasteiger partial charge in [0.25, 0.3) is 0 Å². The molecule has 2 aromatic rings. The SMILES string of the molecule is Cc1cc(Cn2cc(CCO)nn2)no1. The average molecular weight is 208 g/mol. The number of aliphatic hydroxyl groups excluding tert-OH is 1. The number of hydrogen-bond acceptors (Lipinski definition) is 5. The predicted octanol–water partition coefficient (Wildman–Crippen LogP) is 0.158. The molecule has 0 amide bonds. The van der Waals surface area contributed by atoms with Crippen molar-refractivity contribution in [2.45, 2.75) is 19.9 Å². The van der Waals surface area contributed by atoms with E-state index in [0.29, 0.717) is 13.0 Å². The molecule has 0 radical (unpaired) electrons. The molecule has 0 fully saturated rings. The van der Waals surface area contributed by atoms with E-state index in [2.05, 4.69) is 15.5 Å². The molecule has 80 valence electrons. The summed E-state index contributed by atoms with van der Waals surface area (Å²) in [5, 5.41) is 20.4. The van der Waals surface area contributed by atoms with Crippen molar-refractivity contribution in [3.63, 3.8) is 0 Å². The fourth-order valence-corrected chi connectivity index (χ4v) is 1.30. The Balaban J connectivity index is 2.04. The number of aliphatic hydroxyl groups is 1. The van der Waals surface area contributed by atoms with E-state index >= 15 is 0 Å². The summed E-state index contributed by atoms with van der Waals surface area (Å²) < 4.78 is 6.61. The Morgan fingerprint density at radius 2 is 2.33 bits per heavy atom. The van der Waals surface area contributed by atoms with Gasteiger partial charge in [-0.05, 0) is 6.92 Å². The predicted molar refractivity (Wildman–Crippen MR) is 51.2 cm³/mol. The topological polar surface area (TPSA) is 77.0 Å². The third-order valence-electron chi connectivity index (χ3n) is 1.95. The Kier molecular flexibility index (Phi) is 2.77. The van der Waals surface area contributed by atoms with E-state index in [0.717, 1.165) is 17.1 Å². The number of aryl methyl sites for hydroxylation is 1. The molecule has 0 aliphatic heterocycles. The molecule has 2 aromatic heterocycles. The van der Waals surface area contributed by atoms with Gasteiger partial charge in [0.1, 0.15) is 11.5 Å². The Hall–Kier alpha value is -1.69. The van der Waals surface area contributed by atoms with Crippen molar-refractivity contribution in [3.8, 4) is 0 Å². The van der Waals surface area contributed by atoms with Crippen molar-refractivity contribution in [3.05, 3.63) is 29.4 Å². The van der Waals surface area contributed by atoms with Crippen LogP contribution >= 0.6 is 0 Å². The minimum absolute atomic E-state index is 0.0851. The van der Waals surface area contributed by atoms with E-state index in [1.165, 1.54) is 0 Å². The summed E-state index contributed by atoms with van der Waals surface area (Å²) in [6.07, 6.45) is 2.32. The molecule has 2 heterocycles. The maximum absolute atomic E-state index is 8.72. The molecule has 15 heavy (non-hydrogen) atoms. The summed E-state index contributed by atoms with van der Waals surface area (Å²) in [4.78, 5) is 0. The lowest BCUT2D eigenvalue weighted by atomic mass is 10.3. The van der Waals surface area contributed by atoms with E-state index in [4.69, 9.17) is 9.63 Å². The molecule has 6 nitrogen and oxygen atoms in total. The molecule has 6 heteroatoms. The van der Waals surface area contributed by atoms with Gasteiger partial charge in [-0.15, -0.1) is 5.10 Å². The van der Waals surface area contributed by atoms with Crippen LogP contribution in [-0.2, 0) is 13.0 Å². The summed E-state index contributed by atoms with van der Waals surface area (Å²) in [6.45, 7) is 2.46. The van der Waals surface area contributed by atoms with Gasteiger partial charge in [0, 0.05) is 25.3 Å². The van der Waals surface area contributed by atoms with E-state index < -0.39 is 0 Å². The maximum Gasteiger partial charge on any atom is 0.133 e. The number of hydrogen-bond donors (Lipinski definition) is 1. The second-order valence-corrected chi connectivity index (χ2v) is 3.31. The minimum Gasteiger partial charge on any atom is -0.396 e. The Morgan fingerprint density at radius 1 is 1.47 bits per heavy atom. The zero-order valence-corrected chi connectivity index (χ0v) is 8.42. The van der Waals surface area contributed by atoms with Gasteiger partial charge in [-0.1, -0.05) is 10.4 Å². The molecule has 0 saturated heterocycles. The second kappa shape index (κ2) is 4.22. The molecule has 0 atom stereocenters. The van der Waals surface area contributed by atoms with Crippen LogP contribution in [0.4, 0.5) is 0 Å². The fraction of sp³-hybridized carbons (Fsp3) is 0.444. The standard InChI is InChI=1S/C9H12N4O2/c1-7-4-9(11-15-7)6-13-5-8(2-3-14)10-12-13/h4-5,14H,2-3,6H2,1H3. The first-order chi connectivity index (χ1) is 7.28. The van der Waals surface area contributed by atoms with E-state index in [1.807, 2.05) is 13.0 Å². The summed E-state index contributed by atoms with van der Waals surface area (Å²) in [5.41, 5.74) is 1.59. The highest BCUT2D eigenvalue weighted by molar-refractivity contribution is 5.04. The van der Waals surface area contributed by atoms with Crippen LogP contribution < -0.4 is 0 Å². The Morgan fingerprint density at radius 3 is 3.00 bits per heavy atom. The van der Waals surface area contributed by atoms with Crippen LogP contribution in [0.1, 0.15) is 17.1 Å². The van der Waals surface area contributed by atoms with Crippen LogP contribution in [0.15, 0.2) is 16.8 Å². The highest BCUT2D eigenvalue weighted by Crippen LogP contribution is 2.03. The monoisotopic (exact) mass is 208 g/mol. The van der Waals surface area contributed by atoms with Crippen LogP contribution in [0.5, 0.6) is 0 Å². The van der Waals surface area contributed by atoms with Crippen LogP contribution in [0, 0.1) is 6.92 Å². The molecular formula is C9H12N4O2. The highest BCUT2D eigenvalue weighted by Gasteiger charge is 2.04. The summed E-state index contributed by atoms with van der Waals surface area (Å²) in [6, 6.07) is 1.85. The highest BCUT2D eigenvalue weighted by atomic mass is 16.5. The third kappa shape index (κ3) is 2.41. The van der Waals surface area contributed by atoms with E-state index in [9.17, 15) is 0 Å². The lowest BCUT2D eigenvalue weighted by Crippen LogP contribution is -2.00. The zero-order chi connectivity index (χ0) is 10.7. The van der Waals surface area contributed by atoms with Gasteiger partial charge < -0.3 is 9.63 Å². The van der Waals surface area contributed by atoms with E-state index in [-0.39, 0.29) is 6.61 Å². The van der Waals surface area contributed by atoms with Gasteiger partial charge in [-0.25, -0.2) is 4.68 Å². The number of rotatable bonds is 4. The van der Waals surface area contributed by atoms with Gasteiger partial charge in [0.05, 0.1) is 12.2 Å². The maximum atomic E-state index is 8.72. The first kappa shape index (κ1) is 9.85. The summed E-state index contributed by atoms with van der Waals surface area (Å²) >= 11 is 0. The van der Waals surface area contributed by atoms with Crippen molar-refractivity contribution in [2.75, 3.05) is 6.61 Å². The molecule has 0 aliphatic carbocycles. The molecule has 0 aromatic carbocycles. The Labute approximate surface area is 86.5 Å². The van der Waals surface area contributed by atoms with Crippen molar-refractivity contribution in [1.82, 2.24) is 20.2 Å². The molecule has 0 unspecified atom stereocenters. The molecular weight excluding hydrogens is 196 g/mol. The molecule has 2 rings (SSSR count). The lowest BCUT2D eigenvalue weighted by Gasteiger charge is -1.93. The van der Waals surface area contributed by atoms with E-state index in [1.54, 1.807) is 10.9 Å². The zero-order valence-electron chi connectivity index (χ0n) is 8.42. The lowest BCUT2D eigenvalue weighted by molar-refractivity contribution is 0.298. The second-order valence-electron chi connectivity index (χ2n) is 3.31. The van der Waals surface area contributed by atoms with Gasteiger partial charge in [0.2, 0.25) is 0 Å².